The van der Waals surface area contributed by atoms with Crippen LogP contribution in [-0.4, -0.2) is 23.2 Å². The molecule has 0 heterocycles. The van der Waals surface area contributed by atoms with Crippen molar-refractivity contribution in [1.29, 1.82) is 0 Å². The summed E-state index contributed by atoms with van der Waals surface area (Å²) in [6, 6.07) is 4.04. The lowest BCUT2D eigenvalue weighted by Gasteiger charge is -2.32. The van der Waals surface area contributed by atoms with Gasteiger partial charge in [0.25, 0.3) is 5.91 Å². The molecule has 1 fully saturated rings. The number of benzene rings is 1. The van der Waals surface area contributed by atoms with Crippen molar-refractivity contribution in [2.75, 3.05) is 6.54 Å². The van der Waals surface area contributed by atoms with Crippen molar-refractivity contribution < 1.29 is 14.3 Å². The van der Waals surface area contributed by atoms with E-state index in [1.165, 1.54) is 12.1 Å². The molecule has 19 heavy (non-hydrogen) atoms. The van der Waals surface area contributed by atoms with Crippen molar-refractivity contribution in [3.63, 3.8) is 0 Å². The summed E-state index contributed by atoms with van der Waals surface area (Å²) >= 11 is 3.15. The van der Waals surface area contributed by atoms with Gasteiger partial charge in [-0.15, -0.1) is 0 Å². The molecule has 1 aromatic rings. The molecule has 104 valence electrons. The Morgan fingerprint density at radius 3 is 2.63 bits per heavy atom. The number of rotatable bonds is 3. The first kappa shape index (κ1) is 14.5. The molecule has 0 atom stereocenters. The summed E-state index contributed by atoms with van der Waals surface area (Å²) in [6.07, 6.45) is 4.52. The Hall–Kier alpha value is -0.940. The fourth-order valence-electron chi connectivity index (χ4n) is 2.42. The topological polar surface area (TPSA) is 49.3 Å². The lowest BCUT2D eigenvalue weighted by molar-refractivity contribution is 0.00525. The molecule has 2 N–H and O–H groups in total. The summed E-state index contributed by atoms with van der Waals surface area (Å²) in [5.74, 6) is -0.824. The van der Waals surface area contributed by atoms with E-state index in [0.29, 0.717) is 17.3 Å². The van der Waals surface area contributed by atoms with Gasteiger partial charge in [-0.05, 0) is 31.0 Å². The van der Waals surface area contributed by atoms with Gasteiger partial charge in [0, 0.05) is 16.6 Å². The zero-order valence-electron chi connectivity index (χ0n) is 10.6. The highest BCUT2D eigenvalue weighted by Crippen LogP contribution is 2.27. The highest BCUT2D eigenvalue weighted by Gasteiger charge is 2.29. The highest BCUT2D eigenvalue weighted by atomic mass is 79.9. The minimum atomic E-state index is -0.807. The lowest BCUT2D eigenvalue weighted by atomic mass is 9.85. The first-order chi connectivity index (χ1) is 8.98. The Bertz CT molecular complexity index is 452. The molecule has 1 aromatic carbocycles. The van der Waals surface area contributed by atoms with Gasteiger partial charge in [0.1, 0.15) is 5.82 Å². The fourth-order valence-corrected chi connectivity index (χ4v) is 2.88. The number of nitrogens with one attached hydrogen (secondary N) is 1. The number of hydrogen-bond acceptors (Lipinski definition) is 2. The first-order valence-corrected chi connectivity index (χ1v) is 7.24. The number of halogens is 2. The molecule has 1 aliphatic rings. The van der Waals surface area contributed by atoms with Gasteiger partial charge in [-0.3, -0.25) is 4.79 Å². The average Bonchev–Trinajstić information content (AvgIpc) is 2.36. The van der Waals surface area contributed by atoms with Gasteiger partial charge in [0.05, 0.1) is 5.60 Å². The number of carbonyl (C=O) groups excluding carboxylic acids is 1. The van der Waals surface area contributed by atoms with Gasteiger partial charge >= 0.3 is 0 Å². The van der Waals surface area contributed by atoms with Crippen LogP contribution >= 0.6 is 15.9 Å². The second-order valence-corrected chi connectivity index (χ2v) is 6.04. The average molecular weight is 330 g/mol. The van der Waals surface area contributed by atoms with Gasteiger partial charge in [-0.2, -0.15) is 0 Å². The molecule has 0 saturated heterocycles. The van der Waals surface area contributed by atoms with Crippen LogP contribution in [0.1, 0.15) is 42.5 Å². The molecule has 0 bridgehead atoms. The minimum absolute atomic E-state index is 0.222. The zero-order chi connectivity index (χ0) is 13.9. The number of aliphatic hydroxyl groups is 1. The highest BCUT2D eigenvalue weighted by molar-refractivity contribution is 9.10. The predicted octanol–water partition coefficient (Wildman–Crippen LogP) is 3.01. The van der Waals surface area contributed by atoms with E-state index >= 15 is 0 Å². The summed E-state index contributed by atoms with van der Waals surface area (Å²) in [5.41, 5.74) is -0.551. The van der Waals surface area contributed by atoms with E-state index in [1.807, 2.05) is 0 Å². The smallest absolute Gasteiger partial charge is 0.251 e. The second-order valence-electron chi connectivity index (χ2n) is 5.13. The van der Waals surface area contributed by atoms with Crippen LogP contribution in [0, 0.1) is 5.82 Å². The number of hydrogen-bond donors (Lipinski definition) is 2. The summed E-state index contributed by atoms with van der Waals surface area (Å²) in [5, 5.41) is 13.0. The fraction of sp³-hybridized carbons (Fsp3) is 0.500. The largest absolute Gasteiger partial charge is 0.388 e. The van der Waals surface area contributed by atoms with Crippen molar-refractivity contribution >= 4 is 21.8 Å². The van der Waals surface area contributed by atoms with E-state index in [1.54, 1.807) is 6.07 Å². The van der Waals surface area contributed by atoms with Crippen molar-refractivity contribution in [1.82, 2.24) is 5.32 Å². The molecule has 5 heteroatoms. The van der Waals surface area contributed by atoms with Crippen LogP contribution in [0.5, 0.6) is 0 Å². The van der Waals surface area contributed by atoms with Crippen LogP contribution in [0.15, 0.2) is 22.7 Å². The van der Waals surface area contributed by atoms with Crippen LogP contribution < -0.4 is 5.32 Å². The van der Waals surface area contributed by atoms with Crippen LogP contribution in [0.4, 0.5) is 4.39 Å². The molecule has 1 amide bonds. The Labute approximate surface area is 120 Å². The van der Waals surface area contributed by atoms with Gasteiger partial charge < -0.3 is 10.4 Å². The van der Waals surface area contributed by atoms with E-state index in [0.717, 1.165) is 19.3 Å². The van der Waals surface area contributed by atoms with Gasteiger partial charge in [0.2, 0.25) is 0 Å². The Morgan fingerprint density at radius 1 is 1.32 bits per heavy atom. The molecule has 0 unspecified atom stereocenters. The Kier molecular flexibility index (Phi) is 4.58. The number of amides is 1. The summed E-state index contributed by atoms with van der Waals surface area (Å²) in [4.78, 5) is 11.9. The molecule has 0 aliphatic heterocycles. The molecule has 0 spiro atoms. The van der Waals surface area contributed by atoms with Crippen LogP contribution in [0.3, 0.4) is 0 Å². The van der Waals surface area contributed by atoms with Gasteiger partial charge in [0.15, 0.2) is 0 Å². The molecule has 2 rings (SSSR count). The third-order valence-corrected chi connectivity index (χ3v) is 3.94. The van der Waals surface area contributed by atoms with E-state index in [2.05, 4.69) is 21.2 Å². The number of carbonyl (C=O) groups is 1. The van der Waals surface area contributed by atoms with Crippen LogP contribution in [-0.2, 0) is 0 Å². The van der Waals surface area contributed by atoms with Gasteiger partial charge in [-0.25, -0.2) is 4.39 Å². The normalized spacial score (nSPS) is 18.1. The first-order valence-electron chi connectivity index (χ1n) is 6.45. The summed E-state index contributed by atoms with van der Waals surface area (Å²) in [6.45, 7) is 0.222. The van der Waals surface area contributed by atoms with Crippen molar-refractivity contribution in [2.24, 2.45) is 0 Å². The molecule has 1 saturated carbocycles. The quantitative estimate of drug-likeness (QED) is 0.895. The van der Waals surface area contributed by atoms with Crippen LogP contribution in [0.25, 0.3) is 0 Å². The van der Waals surface area contributed by atoms with E-state index in [-0.39, 0.29) is 18.0 Å². The van der Waals surface area contributed by atoms with E-state index in [9.17, 15) is 14.3 Å². The SMILES string of the molecule is O=C(NCC1(O)CCCCC1)c1cc(F)cc(Br)c1. The van der Waals surface area contributed by atoms with E-state index < -0.39 is 11.4 Å². The minimum Gasteiger partial charge on any atom is -0.388 e. The molecular formula is C14H17BrFNO2. The molecule has 0 radical (unpaired) electrons. The maximum absolute atomic E-state index is 13.2. The molecule has 3 nitrogen and oxygen atoms in total. The molecular weight excluding hydrogens is 313 g/mol. The molecule has 0 aromatic heterocycles. The van der Waals surface area contributed by atoms with Crippen LogP contribution in [0.2, 0.25) is 0 Å². The predicted molar refractivity (Wildman–Crippen MR) is 74.5 cm³/mol. The standard InChI is InChI=1S/C14H17BrFNO2/c15-11-6-10(7-12(16)8-11)13(18)17-9-14(19)4-2-1-3-5-14/h6-8,19H,1-5,9H2,(H,17,18). The van der Waals surface area contributed by atoms with Crippen molar-refractivity contribution in [3.8, 4) is 0 Å². The Morgan fingerprint density at radius 2 is 2.00 bits per heavy atom. The Balaban J connectivity index is 1.97. The molecule has 1 aliphatic carbocycles. The zero-order valence-corrected chi connectivity index (χ0v) is 12.2. The maximum atomic E-state index is 13.2. The van der Waals surface area contributed by atoms with Gasteiger partial charge in [-0.1, -0.05) is 35.2 Å². The summed E-state index contributed by atoms with van der Waals surface area (Å²) in [7, 11) is 0. The monoisotopic (exact) mass is 329 g/mol. The summed E-state index contributed by atoms with van der Waals surface area (Å²) < 4.78 is 13.7. The lowest BCUT2D eigenvalue weighted by Crippen LogP contribution is -2.44. The maximum Gasteiger partial charge on any atom is 0.251 e. The second kappa shape index (κ2) is 6.01. The van der Waals surface area contributed by atoms with Crippen molar-refractivity contribution in [3.05, 3.63) is 34.1 Å². The third kappa shape index (κ3) is 4.01. The van der Waals surface area contributed by atoms with Crippen molar-refractivity contribution in [2.45, 2.75) is 37.7 Å². The third-order valence-electron chi connectivity index (χ3n) is 3.49. The van der Waals surface area contributed by atoms with E-state index in [4.69, 9.17) is 0 Å².